The zero-order valence-electron chi connectivity index (χ0n) is 12.1. The van der Waals surface area contributed by atoms with Crippen molar-refractivity contribution in [1.29, 1.82) is 0 Å². The molecule has 0 heterocycles. The van der Waals surface area contributed by atoms with Gasteiger partial charge in [-0.05, 0) is 50.3 Å². The van der Waals surface area contributed by atoms with E-state index in [1.54, 1.807) is 7.11 Å². The summed E-state index contributed by atoms with van der Waals surface area (Å²) in [6.07, 6.45) is 3.44. The fraction of sp³-hybridized carbons (Fsp3) is 0.562. The van der Waals surface area contributed by atoms with Gasteiger partial charge in [0.1, 0.15) is 5.75 Å². The molecule has 0 aliphatic heterocycles. The minimum Gasteiger partial charge on any atom is -0.497 e. The predicted octanol–water partition coefficient (Wildman–Crippen LogP) is 2.99. The topological polar surface area (TPSA) is 58.6 Å². The van der Waals surface area contributed by atoms with Crippen molar-refractivity contribution >= 4 is 5.97 Å². The standard InChI is InChI=1S/C16H23NO3/c1-11(12-5-9-15(20-2)10-6-12)17-14-7-3-13(4-8-14)16(18)19/h5-6,9-11,13-14,17H,3-4,7-8H2,1-2H3,(H,18,19). The summed E-state index contributed by atoms with van der Waals surface area (Å²) in [6.45, 7) is 2.14. The molecule has 2 N–H and O–H groups in total. The first-order chi connectivity index (χ1) is 9.60. The largest absolute Gasteiger partial charge is 0.497 e. The molecule has 0 amide bonds. The summed E-state index contributed by atoms with van der Waals surface area (Å²) < 4.78 is 5.16. The summed E-state index contributed by atoms with van der Waals surface area (Å²) in [5.41, 5.74) is 1.23. The number of rotatable bonds is 5. The number of ether oxygens (including phenoxy) is 1. The number of methoxy groups -OCH3 is 1. The van der Waals surface area contributed by atoms with E-state index in [-0.39, 0.29) is 12.0 Å². The van der Waals surface area contributed by atoms with Gasteiger partial charge < -0.3 is 15.2 Å². The molecule has 1 unspecified atom stereocenters. The van der Waals surface area contributed by atoms with Gasteiger partial charge in [0.05, 0.1) is 13.0 Å². The Morgan fingerprint density at radius 3 is 2.35 bits per heavy atom. The van der Waals surface area contributed by atoms with Crippen molar-refractivity contribution in [2.24, 2.45) is 5.92 Å². The summed E-state index contributed by atoms with van der Waals surface area (Å²) in [6, 6.07) is 8.76. The predicted molar refractivity (Wildman–Crippen MR) is 77.9 cm³/mol. The fourth-order valence-electron chi connectivity index (χ4n) is 2.85. The van der Waals surface area contributed by atoms with E-state index in [4.69, 9.17) is 9.84 Å². The molecule has 1 fully saturated rings. The second-order valence-corrected chi connectivity index (χ2v) is 5.55. The summed E-state index contributed by atoms with van der Waals surface area (Å²) in [5.74, 6) is 0.0684. The van der Waals surface area contributed by atoms with Crippen LogP contribution in [0.3, 0.4) is 0 Å². The zero-order valence-corrected chi connectivity index (χ0v) is 12.1. The van der Waals surface area contributed by atoms with Crippen LogP contribution in [0, 0.1) is 5.92 Å². The Hall–Kier alpha value is -1.55. The second kappa shape index (κ2) is 6.75. The Labute approximate surface area is 120 Å². The third-order valence-electron chi connectivity index (χ3n) is 4.18. The monoisotopic (exact) mass is 277 g/mol. The Kier molecular flexibility index (Phi) is 5.01. The molecule has 1 aliphatic rings. The molecular formula is C16H23NO3. The molecule has 2 rings (SSSR count). The highest BCUT2D eigenvalue weighted by atomic mass is 16.5. The molecule has 1 saturated carbocycles. The molecule has 0 spiro atoms. The van der Waals surface area contributed by atoms with Crippen LogP contribution in [0.4, 0.5) is 0 Å². The molecule has 110 valence electrons. The van der Waals surface area contributed by atoms with Crippen molar-refractivity contribution in [3.63, 3.8) is 0 Å². The van der Waals surface area contributed by atoms with E-state index >= 15 is 0 Å². The lowest BCUT2D eigenvalue weighted by Crippen LogP contribution is -2.36. The van der Waals surface area contributed by atoms with E-state index in [2.05, 4.69) is 24.4 Å². The number of carbonyl (C=O) groups is 1. The molecule has 1 aliphatic carbocycles. The minimum atomic E-state index is -0.647. The molecule has 0 bridgehead atoms. The third-order valence-corrected chi connectivity index (χ3v) is 4.18. The van der Waals surface area contributed by atoms with Crippen LogP contribution in [0.5, 0.6) is 5.75 Å². The molecule has 4 nitrogen and oxygen atoms in total. The van der Waals surface area contributed by atoms with Crippen molar-refractivity contribution in [3.05, 3.63) is 29.8 Å². The number of aliphatic carboxylic acids is 1. The minimum absolute atomic E-state index is 0.149. The van der Waals surface area contributed by atoms with Gasteiger partial charge in [-0.1, -0.05) is 12.1 Å². The van der Waals surface area contributed by atoms with Crippen molar-refractivity contribution in [1.82, 2.24) is 5.32 Å². The molecule has 20 heavy (non-hydrogen) atoms. The van der Waals surface area contributed by atoms with Gasteiger partial charge in [-0.25, -0.2) is 0 Å². The van der Waals surface area contributed by atoms with Gasteiger partial charge in [0.15, 0.2) is 0 Å². The lowest BCUT2D eigenvalue weighted by Gasteiger charge is -2.29. The molecular weight excluding hydrogens is 254 g/mol. The highest BCUT2D eigenvalue weighted by Crippen LogP contribution is 2.26. The summed E-state index contributed by atoms with van der Waals surface area (Å²) in [5, 5.41) is 12.6. The van der Waals surface area contributed by atoms with Crippen LogP contribution >= 0.6 is 0 Å². The molecule has 1 atom stereocenters. The Morgan fingerprint density at radius 2 is 1.85 bits per heavy atom. The van der Waals surface area contributed by atoms with E-state index < -0.39 is 5.97 Å². The highest BCUT2D eigenvalue weighted by Gasteiger charge is 2.26. The Balaban J connectivity index is 1.85. The highest BCUT2D eigenvalue weighted by molar-refractivity contribution is 5.70. The maximum Gasteiger partial charge on any atom is 0.306 e. The zero-order chi connectivity index (χ0) is 14.5. The van der Waals surface area contributed by atoms with E-state index in [1.165, 1.54) is 5.56 Å². The quantitative estimate of drug-likeness (QED) is 0.868. The summed E-state index contributed by atoms with van der Waals surface area (Å²) in [4.78, 5) is 10.9. The maximum absolute atomic E-state index is 10.9. The number of carboxylic acids is 1. The molecule has 0 saturated heterocycles. The van der Waals surface area contributed by atoms with Crippen LogP contribution < -0.4 is 10.1 Å². The van der Waals surface area contributed by atoms with E-state index in [9.17, 15) is 4.79 Å². The van der Waals surface area contributed by atoms with E-state index in [0.29, 0.717) is 6.04 Å². The third kappa shape index (κ3) is 3.73. The molecule has 4 heteroatoms. The van der Waals surface area contributed by atoms with Crippen molar-refractivity contribution < 1.29 is 14.6 Å². The number of nitrogens with one attached hydrogen (secondary N) is 1. The van der Waals surface area contributed by atoms with Crippen molar-refractivity contribution in [2.45, 2.75) is 44.7 Å². The van der Waals surface area contributed by atoms with Crippen LogP contribution in [0.25, 0.3) is 0 Å². The summed E-state index contributed by atoms with van der Waals surface area (Å²) in [7, 11) is 1.66. The van der Waals surface area contributed by atoms with Crippen LogP contribution in [-0.4, -0.2) is 24.2 Å². The van der Waals surface area contributed by atoms with Gasteiger partial charge in [-0.3, -0.25) is 4.79 Å². The number of benzene rings is 1. The van der Waals surface area contributed by atoms with Gasteiger partial charge in [-0.2, -0.15) is 0 Å². The van der Waals surface area contributed by atoms with Gasteiger partial charge in [0.2, 0.25) is 0 Å². The molecule has 0 radical (unpaired) electrons. The number of carboxylic acid groups (broad SMARTS) is 1. The van der Waals surface area contributed by atoms with Gasteiger partial charge >= 0.3 is 5.97 Å². The Bertz CT molecular complexity index is 436. The molecule has 0 aromatic heterocycles. The van der Waals surface area contributed by atoms with E-state index in [1.807, 2.05) is 12.1 Å². The first-order valence-electron chi connectivity index (χ1n) is 7.23. The van der Waals surface area contributed by atoms with Crippen molar-refractivity contribution in [3.8, 4) is 5.75 Å². The average Bonchev–Trinajstić information content (AvgIpc) is 2.48. The average molecular weight is 277 g/mol. The normalized spacial score (nSPS) is 24.1. The lowest BCUT2D eigenvalue weighted by molar-refractivity contribution is -0.142. The van der Waals surface area contributed by atoms with Crippen LogP contribution in [0.15, 0.2) is 24.3 Å². The van der Waals surface area contributed by atoms with Gasteiger partial charge in [0.25, 0.3) is 0 Å². The SMILES string of the molecule is COc1ccc(C(C)NC2CCC(C(=O)O)CC2)cc1. The molecule has 1 aromatic carbocycles. The maximum atomic E-state index is 10.9. The fourth-order valence-corrected chi connectivity index (χ4v) is 2.85. The van der Waals surface area contributed by atoms with Crippen LogP contribution in [0.2, 0.25) is 0 Å². The van der Waals surface area contributed by atoms with Gasteiger partial charge in [0, 0.05) is 12.1 Å². The van der Waals surface area contributed by atoms with Crippen LogP contribution in [-0.2, 0) is 4.79 Å². The summed E-state index contributed by atoms with van der Waals surface area (Å²) >= 11 is 0. The smallest absolute Gasteiger partial charge is 0.306 e. The number of hydrogen-bond acceptors (Lipinski definition) is 3. The first-order valence-corrected chi connectivity index (χ1v) is 7.23. The first kappa shape index (κ1) is 14.9. The molecule has 1 aromatic rings. The lowest BCUT2D eigenvalue weighted by atomic mass is 9.85. The number of hydrogen-bond donors (Lipinski definition) is 2. The van der Waals surface area contributed by atoms with Crippen LogP contribution in [0.1, 0.15) is 44.2 Å². The van der Waals surface area contributed by atoms with Gasteiger partial charge in [-0.15, -0.1) is 0 Å². The van der Waals surface area contributed by atoms with Crippen molar-refractivity contribution in [2.75, 3.05) is 7.11 Å². The second-order valence-electron chi connectivity index (χ2n) is 5.55. The Morgan fingerprint density at radius 1 is 1.25 bits per heavy atom. The van der Waals surface area contributed by atoms with E-state index in [0.717, 1.165) is 31.4 Å².